The van der Waals surface area contributed by atoms with Crippen molar-refractivity contribution in [2.45, 2.75) is 13.5 Å². The molecule has 0 aliphatic carbocycles. The first-order valence-corrected chi connectivity index (χ1v) is 6.70. The molecule has 3 aromatic rings. The number of amides is 1. The second-order valence-electron chi connectivity index (χ2n) is 5.02. The van der Waals surface area contributed by atoms with Gasteiger partial charge >= 0.3 is 0 Å². The highest BCUT2D eigenvalue weighted by atomic mass is 19.1. The molecule has 0 fully saturated rings. The molecule has 0 aliphatic heterocycles. The van der Waals surface area contributed by atoms with E-state index in [0.717, 1.165) is 16.6 Å². The van der Waals surface area contributed by atoms with Crippen LogP contribution in [0.4, 0.5) is 4.39 Å². The number of fused-ring (bicyclic) bond motifs is 1. The number of carbonyl (C=O) groups is 1. The van der Waals surface area contributed by atoms with Gasteiger partial charge in [0.15, 0.2) is 0 Å². The van der Waals surface area contributed by atoms with Crippen LogP contribution in [-0.2, 0) is 6.54 Å². The van der Waals surface area contributed by atoms with Gasteiger partial charge in [-0.15, -0.1) is 0 Å². The first-order chi connectivity index (χ1) is 10.1. The number of nitrogens with two attached hydrogens (primary N) is 1. The number of primary amides is 1. The second-order valence-corrected chi connectivity index (χ2v) is 5.02. The third-order valence-corrected chi connectivity index (χ3v) is 3.76. The third-order valence-electron chi connectivity index (χ3n) is 3.76. The maximum Gasteiger partial charge on any atom is 0.251 e. The predicted molar refractivity (Wildman–Crippen MR) is 80.7 cm³/mol. The fourth-order valence-electron chi connectivity index (χ4n) is 2.74. The van der Waals surface area contributed by atoms with Gasteiger partial charge in [0.25, 0.3) is 5.91 Å². The average Bonchev–Trinajstić information content (AvgIpc) is 2.74. The van der Waals surface area contributed by atoms with E-state index in [-0.39, 0.29) is 5.82 Å². The quantitative estimate of drug-likeness (QED) is 0.787. The molecule has 1 amide bonds. The average molecular weight is 282 g/mol. The highest BCUT2D eigenvalue weighted by molar-refractivity contribution is 6.07. The summed E-state index contributed by atoms with van der Waals surface area (Å²) >= 11 is 0. The van der Waals surface area contributed by atoms with Crippen LogP contribution in [0.5, 0.6) is 0 Å². The summed E-state index contributed by atoms with van der Waals surface area (Å²) in [5.41, 5.74) is 8.21. The summed E-state index contributed by atoms with van der Waals surface area (Å²) in [4.78, 5) is 11.7. The van der Waals surface area contributed by atoms with E-state index < -0.39 is 5.91 Å². The highest BCUT2D eigenvalue weighted by Gasteiger charge is 2.18. The normalized spacial score (nSPS) is 11.0. The van der Waals surface area contributed by atoms with Gasteiger partial charge in [-0.2, -0.15) is 0 Å². The lowest BCUT2D eigenvalue weighted by molar-refractivity contribution is 0.100. The van der Waals surface area contributed by atoms with Gasteiger partial charge in [0.2, 0.25) is 0 Å². The Kier molecular flexibility index (Phi) is 3.22. The molecule has 3 rings (SSSR count). The first-order valence-electron chi connectivity index (χ1n) is 6.70. The van der Waals surface area contributed by atoms with Crippen molar-refractivity contribution in [2.75, 3.05) is 0 Å². The monoisotopic (exact) mass is 282 g/mol. The zero-order chi connectivity index (χ0) is 15.0. The standard InChI is InChI=1S/C17H15FN2O/c1-11-16(17(19)21)13-7-3-5-9-15(13)20(11)10-12-6-2-4-8-14(12)18/h2-9H,10H2,1H3,(H2,19,21). The summed E-state index contributed by atoms with van der Waals surface area (Å²) in [5, 5.41) is 0.804. The van der Waals surface area contributed by atoms with E-state index in [2.05, 4.69) is 0 Å². The molecule has 0 bridgehead atoms. The molecule has 2 N–H and O–H groups in total. The van der Waals surface area contributed by atoms with Crippen LogP contribution >= 0.6 is 0 Å². The number of hydrogen-bond acceptors (Lipinski definition) is 1. The molecule has 1 heterocycles. The van der Waals surface area contributed by atoms with Crippen molar-refractivity contribution in [1.82, 2.24) is 4.57 Å². The predicted octanol–water partition coefficient (Wildman–Crippen LogP) is 3.24. The molecule has 1 aromatic heterocycles. The van der Waals surface area contributed by atoms with Crippen molar-refractivity contribution in [3.8, 4) is 0 Å². The molecular weight excluding hydrogens is 267 g/mol. The van der Waals surface area contributed by atoms with Gasteiger partial charge in [0.05, 0.1) is 12.1 Å². The molecule has 0 radical (unpaired) electrons. The van der Waals surface area contributed by atoms with Crippen LogP contribution in [-0.4, -0.2) is 10.5 Å². The van der Waals surface area contributed by atoms with E-state index in [0.29, 0.717) is 17.7 Å². The molecular formula is C17H15FN2O. The Morgan fingerprint density at radius 2 is 1.81 bits per heavy atom. The number of para-hydroxylation sites is 1. The van der Waals surface area contributed by atoms with Crippen LogP contribution in [0.2, 0.25) is 0 Å². The number of halogens is 1. The van der Waals surface area contributed by atoms with Crippen molar-refractivity contribution in [3.05, 3.63) is 71.2 Å². The van der Waals surface area contributed by atoms with E-state index in [1.807, 2.05) is 35.8 Å². The zero-order valence-electron chi connectivity index (χ0n) is 11.6. The maximum absolute atomic E-state index is 13.9. The third kappa shape index (κ3) is 2.18. The molecule has 0 saturated heterocycles. The first kappa shape index (κ1) is 13.4. The largest absolute Gasteiger partial charge is 0.366 e. The van der Waals surface area contributed by atoms with Gasteiger partial charge in [0.1, 0.15) is 5.82 Å². The van der Waals surface area contributed by atoms with Crippen LogP contribution in [0.3, 0.4) is 0 Å². The molecule has 0 saturated carbocycles. The van der Waals surface area contributed by atoms with Gasteiger partial charge in [-0.3, -0.25) is 4.79 Å². The summed E-state index contributed by atoms with van der Waals surface area (Å²) in [6, 6.07) is 14.2. The maximum atomic E-state index is 13.9. The van der Waals surface area contributed by atoms with Crippen molar-refractivity contribution >= 4 is 16.8 Å². The number of nitrogens with zero attached hydrogens (tertiary/aromatic N) is 1. The van der Waals surface area contributed by atoms with Crippen molar-refractivity contribution < 1.29 is 9.18 Å². The smallest absolute Gasteiger partial charge is 0.251 e. The van der Waals surface area contributed by atoms with Crippen molar-refractivity contribution in [2.24, 2.45) is 5.73 Å². The fraction of sp³-hybridized carbons (Fsp3) is 0.118. The zero-order valence-corrected chi connectivity index (χ0v) is 11.6. The lowest BCUT2D eigenvalue weighted by Gasteiger charge is -2.09. The number of hydrogen-bond donors (Lipinski definition) is 1. The number of carbonyl (C=O) groups excluding carboxylic acids is 1. The Hall–Kier alpha value is -2.62. The Morgan fingerprint density at radius 3 is 2.52 bits per heavy atom. The molecule has 0 aliphatic rings. The highest BCUT2D eigenvalue weighted by Crippen LogP contribution is 2.26. The summed E-state index contributed by atoms with van der Waals surface area (Å²) in [6.45, 7) is 2.20. The Morgan fingerprint density at radius 1 is 1.14 bits per heavy atom. The molecule has 21 heavy (non-hydrogen) atoms. The van der Waals surface area contributed by atoms with Crippen LogP contribution in [0.15, 0.2) is 48.5 Å². The summed E-state index contributed by atoms with van der Waals surface area (Å²) in [6.07, 6.45) is 0. The van der Waals surface area contributed by atoms with E-state index in [9.17, 15) is 9.18 Å². The molecule has 4 heteroatoms. The molecule has 0 atom stereocenters. The SMILES string of the molecule is Cc1c(C(N)=O)c2ccccc2n1Cc1ccccc1F. The van der Waals surface area contributed by atoms with Gasteiger partial charge in [0, 0.05) is 22.2 Å². The van der Waals surface area contributed by atoms with Crippen LogP contribution in [0, 0.1) is 12.7 Å². The second kappa shape index (κ2) is 5.05. The Bertz CT molecular complexity index is 836. The molecule has 106 valence electrons. The van der Waals surface area contributed by atoms with Crippen molar-refractivity contribution in [3.63, 3.8) is 0 Å². The van der Waals surface area contributed by atoms with Gasteiger partial charge in [-0.1, -0.05) is 36.4 Å². The van der Waals surface area contributed by atoms with E-state index in [4.69, 9.17) is 5.73 Å². The lowest BCUT2D eigenvalue weighted by Crippen LogP contribution is -2.13. The molecule has 0 spiro atoms. The Balaban J connectivity index is 2.21. The van der Waals surface area contributed by atoms with Crippen molar-refractivity contribution in [1.29, 1.82) is 0 Å². The minimum absolute atomic E-state index is 0.254. The van der Waals surface area contributed by atoms with E-state index >= 15 is 0 Å². The summed E-state index contributed by atoms with van der Waals surface area (Å²) < 4.78 is 15.8. The number of aromatic nitrogens is 1. The topological polar surface area (TPSA) is 48.0 Å². The van der Waals surface area contributed by atoms with E-state index in [1.54, 1.807) is 18.2 Å². The minimum atomic E-state index is -0.462. The summed E-state index contributed by atoms with van der Waals surface area (Å²) in [5.74, 6) is -0.716. The molecule has 2 aromatic carbocycles. The molecule has 3 nitrogen and oxygen atoms in total. The fourth-order valence-corrected chi connectivity index (χ4v) is 2.74. The number of benzene rings is 2. The molecule has 0 unspecified atom stereocenters. The lowest BCUT2D eigenvalue weighted by atomic mass is 10.1. The van der Waals surface area contributed by atoms with Crippen LogP contribution in [0.1, 0.15) is 21.6 Å². The summed E-state index contributed by atoms with van der Waals surface area (Å²) in [7, 11) is 0. The van der Waals surface area contributed by atoms with Crippen LogP contribution < -0.4 is 5.73 Å². The van der Waals surface area contributed by atoms with E-state index in [1.165, 1.54) is 6.07 Å². The van der Waals surface area contributed by atoms with Crippen LogP contribution in [0.25, 0.3) is 10.9 Å². The van der Waals surface area contributed by atoms with Gasteiger partial charge in [-0.25, -0.2) is 4.39 Å². The number of rotatable bonds is 3. The van der Waals surface area contributed by atoms with Gasteiger partial charge < -0.3 is 10.3 Å². The van der Waals surface area contributed by atoms with Gasteiger partial charge in [-0.05, 0) is 19.1 Å². The minimum Gasteiger partial charge on any atom is -0.366 e. The Labute approximate surface area is 121 Å².